The third-order valence-corrected chi connectivity index (χ3v) is 2.53. The van der Waals surface area contributed by atoms with Gasteiger partial charge in [-0.05, 0) is 12.8 Å². The van der Waals surface area contributed by atoms with Crippen molar-refractivity contribution in [2.24, 2.45) is 5.73 Å². The first-order chi connectivity index (χ1) is 6.99. The Balaban J connectivity index is 4.36. The molecule has 1 atom stereocenters. The van der Waals surface area contributed by atoms with E-state index in [1.54, 1.807) is 0 Å². The zero-order chi connectivity index (χ0) is 11.9. The van der Waals surface area contributed by atoms with E-state index in [2.05, 4.69) is 0 Å². The van der Waals surface area contributed by atoms with Gasteiger partial charge >= 0.3 is 5.97 Å². The lowest BCUT2D eigenvalue weighted by Gasteiger charge is -2.22. The van der Waals surface area contributed by atoms with Crippen molar-refractivity contribution in [1.29, 1.82) is 0 Å². The quantitative estimate of drug-likeness (QED) is 0.477. The molecule has 0 fully saturated rings. The molecule has 0 radical (unpaired) electrons. The van der Waals surface area contributed by atoms with Crippen molar-refractivity contribution in [3.05, 3.63) is 0 Å². The first kappa shape index (κ1) is 14.1. The molecule has 0 spiro atoms. The van der Waals surface area contributed by atoms with Crippen LogP contribution in [-0.2, 0) is 9.59 Å². The predicted octanol–water partition coefficient (Wildman–Crippen LogP) is 1.72. The van der Waals surface area contributed by atoms with Crippen molar-refractivity contribution in [1.82, 2.24) is 0 Å². The Bertz CT molecular complexity index is 228. The maximum atomic E-state index is 11.7. The third kappa shape index (κ3) is 4.00. The lowest BCUT2D eigenvalue weighted by molar-refractivity contribution is -0.148. The van der Waals surface area contributed by atoms with Crippen LogP contribution in [0, 0.1) is 0 Å². The minimum atomic E-state index is -1.66. The highest BCUT2D eigenvalue weighted by Gasteiger charge is 2.39. The summed E-state index contributed by atoms with van der Waals surface area (Å²) in [6, 6.07) is 0. The van der Waals surface area contributed by atoms with Crippen LogP contribution in [0.15, 0.2) is 0 Å². The molecule has 0 aliphatic carbocycles. The molecule has 88 valence electrons. The fraction of sp³-hybridized carbons (Fsp3) is 0.818. The number of aliphatic carboxylic acids is 1. The molecule has 0 aliphatic rings. The van der Waals surface area contributed by atoms with E-state index in [0.717, 1.165) is 19.3 Å². The van der Waals surface area contributed by atoms with E-state index >= 15 is 0 Å². The molecule has 0 aromatic heterocycles. The first-order valence-electron chi connectivity index (χ1n) is 5.54. The van der Waals surface area contributed by atoms with E-state index in [-0.39, 0.29) is 18.6 Å². The normalized spacial score (nSPS) is 14.6. The van der Waals surface area contributed by atoms with Crippen molar-refractivity contribution in [2.45, 2.75) is 57.9 Å². The van der Waals surface area contributed by atoms with E-state index < -0.39 is 11.5 Å². The molecule has 0 amide bonds. The Labute approximate surface area is 90.8 Å². The van der Waals surface area contributed by atoms with Crippen LogP contribution in [0.5, 0.6) is 0 Å². The highest BCUT2D eigenvalue weighted by molar-refractivity contribution is 6.07. The van der Waals surface area contributed by atoms with Gasteiger partial charge < -0.3 is 10.8 Å². The fourth-order valence-electron chi connectivity index (χ4n) is 1.52. The summed E-state index contributed by atoms with van der Waals surface area (Å²) >= 11 is 0. The number of carbonyl (C=O) groups is 2. The van der Waals surface area contributed by atoms with Gasteiger partial charge in [0.15, 0.2) is 11.3 Å². The smallest absolute Gasteiger partial charge is 0.331 e. The molecule has 0 saturated heterocycles. The van der Waals surface area contributed by atoms with E-state index in [4.69, 9.17) is 10.8 Å². The topological polar surface area (TPSA) is 80.4 Å². The maximum Gasteiger partial charge on any atom is 0.331 e. The van der Waals surface area contributed by atoms with Crippen LogP contribution in [0.3, 0.4) is 0 Å². The second-order valence-corrected chi connectivity index (χ2v) is 3.91. The van der Waals surface area contributed by atoms with Gasteiger partial charge in [0.25, 0.3) is 0 Å². The summed E-state index contributed by atoms with van der Waals surface area (Å²) in [6.45, 7) is 3.85. The molecule has 3 N–H and O–H groups in total. The molecule has 0 aliphatic heterocycles. The summed E-state index contributed by atoms with van der Waals surface area (Å²) in [5, 5.41) is 8.94. The van der Waals surface area contributed by atoms with Gasteiger partial charge in [-0.15, -0.1) is 0 Å². The van der Waals surface area contributed by atoms with Gasteiger partial charge in [0.1, 0.15) is 0 Å². The van der Waals surface area contributed by atoms with E-state index in [1.807, 2.05) is 13.8 Å². The number of hydrogen-bond acceptors (Lipinski definition) is 3. The van der Waals surface area contributed by atoms with Gasteiger partial charge in [-0.1, -0.05) is 33.1 Å². The largest absolute Gasteiger partial charge is 0.480 e. The SMILES string of the molecule is CCCCCC(=O)C(N)(CCC)C(=O)O. The number of nitrogens with two attached hydrogens (primary N) is 1. The molecular formula is C11H21NO3. The summed E-state index contributed by atoms with van der Waals surface area (Å²) in [5.41, 5.74) is 3.96. The minimum Gasteiger partial charge on any atom is -0.480 e. The number of Topliss-reactive ketones (excluding diaryl/α,β-unsaturated/α-hetero) is 1. The second-order valence-electron chi connectivity index (χ2n) is 3.91. The lowest BCUT2D eigenvalue weighted by Crippen LogP contribution is -2.54. The summed E-state index contributed by atoms with van der Waals surface area (Å²) in [5.74, 6) is -1.55. The zero-order valence-electron chi connectivity index (χ0n) is 9.58. The Morgan fingerprint density at radius 1 is 1.20 bits per heavy atom. The number of carboxylic acids is 1. The van der Waals surface area contributed by atoms with Crippen LogP contribution in [0.2, 0.25) is 0 Å². The number of rotatable bonds is 8. The molecule has 4 heteroatoms. The molecule has 0 aromatic carbocycles. The predicted molar refractivity (Wildman–Crippen MR) is 58.6 cm³/mol. The Kier molecular flexibility index (Phi) is 6.17. The number of carbonyl (C=O) groups excluding carboxylic acids is 1. The summed E-state index contributed by atoms with van der Waals surface area (Å²) in [4.78, 5) is 22.6. The fourth-order valence-corrected chi connectivity index (χ4v) is 1.52. The van der Waals surface area contributed by atoms with Crippen molar-refractivity contribution in [3.63, 3.8) is 0 Å². The average Bonchev–Trinajstić information content (AvgIpc) is 2.18. The van der Waals surface area contributed by atoms with Crippen molar-refractivity contribution < 1.29 is 14.7 Å². The first-order valence-corrected chi connectivity index (χ1v) is 5.54. The number of unbranched alkanes of at least 4 members (excludes halogenated alkanes) is 2. The van der Waals surface area contributed by atoms with Gasteiger partial charge in [-0.3, -0.25) is 4.79 Å². The monoisotopic (exact) mass is 215 g/mol. The second kappa shape index (κ2) is 6.56. The third-order valence-electron chi connectivity index (χ3n) is 2.53. The molecule has 4 nitrogen and oxygen atoms in total. The highest BCUT2D eigenvalue weighted by atomic mass is 16.4. The molecule has 0 aromatic rings. The molecule has 0 rings (SSSR count). The van der Waals surface area contributed by atoms with E-state index in [1.165, 1.54) is 0 Å². The standard InChI is InChI=1S/C11H21NO3/c1-3-5-6-7-9(13)11(12,8-4-2)10(14)15/h3-8,12H2,1-2H3,(H,14,15). The zero-order valence-corrected chi connectivity index (χ0v) is 9.58. The number of ketones is 1. The van der Waals surface area contributed by atoms with Crippen LogP contribution in [0.1, 0.15) is 52.4 Å². The maximum absolute atomic E-state index is 11.7. The number of carboxylic acid groups (broad SMARTS) is 1. The van der Waals surface area contributed by atoms with E-state index in [9.17, 15) is 9.59 Å². The van der Waals surface area contributed by atoms with Gasteiger partial charge in [-0.2, -0.15) is 0 Å². The Hall–Kier alpha value is -0.900. The highest BCUT2D eigenvalue weighted by Crippen LogP contribution is 2.15. The van der Waals surface area contributed by atoms with Crippen LogP contribution >= 0.6 is 0 Å². The molecular weight excluding hydrogens is 194 g/mol. The average molecular weight is 215 g/mol. The minimum absolute atomic E-state index is 0.216. The molecule has 15 heavy (non-hydrogen) atoms. The summed E-state index contributed by atoms with van der Waals surface area (Å²) in [6.07, 6.45) is 3.76. The van der Waals surface area contributed by atoms with Crippen LogP contribution in [0.4, 0.5) is 0 Å². The molecule has 0 saturated carbocycles. The van der Waals surface area contributed by atoms with Gasteiger partial charge in [0, 0.05) is 6.42 Å². The van der Waals surface area contributed by atoms with Gasteiger partial charge in [-0.25, -0.2) is 4.79 Å². The van der Waals surface area contributed by atoms with Crippen molar-refractivity contribution in [2.75, 3.05) is 0 Å². The molecule has 0 heterocycles. The Morgan fingerprint density at radius 2 is 1.80 bits per heavy atom. The van der Waals surface area contributed by atoms with Gasteiger partial charge in [0.2, 0.25) is 0 Å². The summed E-state index contributed by atoms with van der Waals surface area (Å²) in [7, 11) is 0. The molecule has 0 bridgehead atoms. The van der Waals surface area contributed by atoms with Crippen LogP contribution < -0.4 is 5.73 Å². The van der Waals surface area contributed by atoms with Crippen molar-refractivity contribution in [3.8, 4) is 0 Å². The van der Waals surface area contributed by atoms with Crippen LogP contribution in [0.25, 0.3) is 0 Å². The summed E-state index contributed by atoms with van der Waals surface area (Å²) < 4.78 is 0. The van der Waals surface area contributed by atoms with Crippen molar-refractivity contribution >= 4 is 11.8 Å². The lowest BCUT2D eigenvalue weighted by atomic mass is 9.87. The van der Waals surface area contributed by atoms with Gasteiger partial charge in [0.05, 0.1) is 0 Å². The number of hydrogen-bond donors (Lipinski definition) is 2. The van der Waals surface area contributed by atoms with Crippen LogP contribution in [-0.4, -0.2) is 22.4 Å². The molecule has 1 unspecified atom stereocenters. The Morgan fingerprint density at radius 3 is 2.20 bits per heavy atom. The van der Waals surface area contributed by atoms with E-state index in [0.29, 0.717) is 6.42 Å².